The molecule has 22 heavy (non-hydrogen) atoms. The SMILES string of the molecule is O=C(C[C@H](c1ccccc1)c1ccc[nH]1)c1cccc[n+]1[O-]. The molecular formula is C18H16N2O2. The summed E-state index contributed by atoms with van der Waals surface area (Å²) >= 11 is 0. The minimum atomic E-state index is -0.168. The van der Waals surface area contributed by atoms with Gasteiger partial charge in [-0.3, -0.25) is 4.79 Å². The van der Waals surface area contributed by atoms with Crippen molar-refractivity contribution in [3.8, 4) is 0 Å². The third kappa shape index (κ3) is 2.91. The Labute approximate surface area is 128 Å². The average Bonchev–Trinajstić information content (AvgIpc) is 3.08. The lowest BCUT2D eigenvalue weighted by Gasteiger charge is -2.15. The average molecular weight is 292 g/mol. The molecule has 110 valence electrons. The molecule has 0 saturated carbocycles. The molecule has 0 saturated heterocycles. The Kier molecular flexibility index (Phi) is 4.01. The van der Waals surface area contributed by atoms with Crippen LogP contribution in [0.2, 0.25) is 0 Å². The number of nitrogens with zero attached hydrogens (tertiary/aromatic N) is 1. The zero-order valence-corrected chi connectivity index (χ0v) is 12.0. The van der Waals surface area contributed by atoms with Crippen molar-refractivity contribution >= 4 is 5.78 Å². The molecule has 3 aromatic rings. The highest BCUT2D eigenvalue weighted by atomic mass is 16.5. The Morgan fingerprint density at radius 1 is 1.05 bits per heavy atom. The van der Waals surface area contributed by atoms with E-state index >= 15 is 0 Å². The number of pyridine rings is 1. The van der Waals surface area contributed by atoms with E-state index in [1.165, 1.54) is 6.20 Å². The van der Waals surface area contributed by atoms with Crippen LogP contribution in [-0.2, 0) is 0 Å². The van der Waals surface area contributed by atoms with Gasteiger partial charge < -0.3 is 10.2 Å². The highest BCUT2D eigenvalue weighted by molar-refractivity contribution is 5.93. The summed E-state index contributed by atoms with van der Waals surface area (Å²) in [7, 11) is 0. The van der Waals surface area contributed by atoms with Crippen LogP contribution in [0.25, 0.3) is 0 Å². The van der Waals surface area contributed by atoms with E-state index in [2.05, 4.69) is 4.98 Å². The summed E-state index contributed by atoms with van der Waals surface area (Å²) in [5.41, 5.74) is 2.19. The second kappa shape index (κ2) is 6.26. The minimum absolute atomic E-state index is 0.0936. The molecule has 0 amide bonds. The number of aromatic nitrogens is 2. The first-order valence-electron chi connectivity index (χ1n) is 7.15. The molecule has 4 nitrogen and oxygen atoms in total. The molecule has 3 rings (SSSR count). The predicted molar refractivity (Wildman–Crippen MR) is 83.4 cm³/mol. The summed E-state index contributed by atoms with van der Waals surface area (Å²) in [6, 6.07) is 18.6. The number of hydrogen-bond donors (Lipinski definition) is 1. The van der Waals surface area contributed by atoms with Gasteiger partial charge in [0.05, 0.1) is 0 Å². The van der Waals surface area contributed by atoms with E-state index in [9.17, 15) is 10.0 Å². The summed E-state index contributed by atoms with van der Waals surface area (Å²) in [4.78, 5) is 15.7. The number of Topliss-reactive ketones (excluding diaryl/α,β-unsaturated/α-hetero) is 1. The molecule has 0 aliphatic heterocycles. The molecule has 4 heteroatoms. The molecule has 2 aromatic heterocycles. The number of ketones is 1. The maximum atomic E-state index is 12.5. The first-order chi connectivity index (χ1) is 10.8. The second-order valence-corrected chi connectivity index (χ2v) is 5.13. The van der Waals surface area contributed by atoms with Gasteiger partial charge in [0.2, 0.25) is 5.78 Å². The molecule has 1 aromatic carbocycles. The van der Waals surface area contributed by atoms with Crippen molar-refractivity contribution in [1.82, 2.24) is 4.98 Å². The van der Waals surface area contributed by atoms with Crippen molar-refractivity contribution in [2.75, 3.05) is 0 Å². The molecular weight excluding hydrogens is 276 g/mol. The molecule has 0 aliphatic carbocycles. The molecule has 0 spiro atoms. The van der Waals surface area contributed by atoms with E-state index in [-0.39, 0.29) is 23.8 Å². The van der Waals surface area contributed by atoms with Gasteiger partial charge in [-0.2, -0.15) is 4.73 Å². The van der Waals surface area contributed by atoms with Crippen LogP contribution in [0.15, 0.2) is 73.1 Å². The third-order valence-corrected chi connectivity index (χ3v) is 3.70. The number of rotatable bonds is 5. The Morgan fingerprint density at radius 3 is 2.50 bits per heavy atom. The van der Waals surface area contributed by atoms with E-state index < -0.39 is 0 Å². The third-order valence-electron chi connectivity index (χ3n) is 3.70. The van der Waals surface area contributed by atoms with Crippen molar-refractivity contribution in [2.45, 2.75) is 12.3 Å². The van der Waals surface area contributed by atoms with Crippen LogP contribution in [0.5, 0.6) is 0 Å². The van der Waals surface area contributed by atoms with Gasteiger partial charge in [0.15, 0.2) is 6.20 Å². The number of aromatic amines is 1. The quantitative estimate of drug-likeness (QED) is 0.446. The van der Waals surface area contributed by atoms with Crippen molar-refractivity contribution in [3.63, 3.8) is 0 Å². The van der Waals surface area contributed by atoms with E-state index in [1.54, 1.807) is 18.2 Å². The van der Waals surface area contributed by atoms with E-state index in [0.29, 0.717) is 4.73 Å². The summed E-state index contributed by atoms with van der Waals surface area (Å²) < 4.78 is 0.624. The number of carbonyl (C=O) groups is 1. The fourth-order valence-electron chi connectivity index (χ4n) is 2.59. The fraction of sp³-hybridized carbons (Fsp3) is 0.111. The Morgan fingerprint density at radius 2 is 1.82 bits per heavy atom. The normalized spacial score (nSPS) is 12.0. The van der Waals surface area contributed by atoms with Crippen LogP contribution in [0, 0.1) is 5.21 Å². The molecule has 1 N–H and O–H groups in total. The lowest BCUT2D eigenvalue weighted by Crippen LogP contribution is -2.34. The number of nitrogens with one attached hydrogen (secondary N) is 1. The molecule has 0 unspecified atom stereocenters. The van der Waals surface area contributed by atoms with Gasteiger partial charge in [-0.15, -0.1) is 0 Å². The summed E-state index contributed by atoms with van der Waals surface area (Å²) in [5.74, 6) is -0.261. The summed E-state index contributed by atoms with van der Waals surface area (Å²) in [6.07, 6.45) is 3.43. The van der Waals surface area contributed by atoms with Gasteiger partial charge >= 0.3 is 0 Å². The number of benzene rings is 1. The highest BCUT2D eigenvalue weighted by Gasteiger charge is 2.23. The van der Waals surface area contributed by atoms with Gasteiger partial charge in [0.25, 0.3) is 5.69 Å². The molecule has 0 aliphatic rings. The van der Waals surface area contributed by atoms with E-state index in [1.807, 2.05) is 48.7 Å². The number of H-pyrrole nitrogens is 1. The second-order valence-electron chi connectivity index (χ2n) is 5.13. The first-order valence-corrected chi connectivity index (χ1v) is 7.15. The summed E-state index contributed by atoms with van der Waals surface area (Å²) in [5, 5.41) is 11.8. The fourth-order valence-corrected chi connectivity index (χ4v) is 2.59. The van der Waals surface area contributed by atoms with Gasteiger partial charge in [0, 0.05) is 36.4 Å². The van der Waals surface area contributed by atoms with Crippen molar-refractivity contribution < 1.29 is 9.52 Å². The zero-order chi connectivity index (χ0) is 15.4. The van der Waals surface area contributed by atoms with Crippen LogP contribution in [0.3, 0.4) is 0 Å². The monoisotopic (exact) mass is 292 g/mol. The first kappa shape index (κ1) is 14.1. The zero-order valence-electron chi connectivity index (χ0n) is 12.0. The van der Waals surface area contributed by atoms with Crippen LogP contribution >= 0.6 is 0 Å². The summed E-state index contributed by atoms with van der Waals surface area (Å²) in [6.45, 7) is 0. The number of hydrogen-bond acceptors (Lipinski definition) is 2. The molecule has 1 atom stereocenters. The highest BCUT2D eigenvalue weighted by Crippen LogP contribution is 2.27. The van der Waals surface area contributed by atoms with Crippen molar-refractivity contribution in [2.24, 2.45) is 0 Å². The lowest BCUT2D eigenvalue weighted by atomic mass is 9.90. The van der Waals surface area contributed by atoms with E-state index in [4.69, 9.17) is 0 Å². The maximum absolute atomic E-state index is 12.5. The van der Waals surface area contributed by atoms with Gasteiger partial charge in [-0.05, 0) is 23.8 Å². The van der Waals surface area contributed by atoms with Crippen LogP contribution in [0.1, 0.15) is 34.1 Å². The topological polar surface area (TPSA) is 59.8 Å². The molecule has 0 fully saturated rings. The predicted octanol–water partition coefficient (Wildman–Crippen LogP) is 3.05. The smallest absolute Gasteiger partial charge is 0.259 e. The molecule has 0 bridgehead atoms. The lowest BCUT2D eigenvalue weighted by molar-refractivity contribution is -0.607. The van der Waals surface area contributed by atoms with E-state index in [0.717, 1.165) is 11.3 Å². The minimum Gasteiger partial charge on any atom is -0.618 e. The van der Waals surface area contributed by atoms with Crippen molar-refractivity contribution in [1.29, 1.82) is 0 Å². The molecule has 0 radical (unpaired) electrons. The van der Waals surface area contributed by atoms with Gasteiger partial charge in [-0.1, -0.05) is 30.3 Å². The van der Waals surface area contributed by atoms with Crippen LogP contribution < -0.4 is 4.73 Å². The van der Waals surface area contributed by atoms with Crippen LogP contribution in [-0.4, -0.2) is 10.8 Å². The van der Waals surface area contributed by atoms with Crippen molar-refractivity contribution in [3.05, 3.63) is 95.2 Å². The standard InChI is InChI=1S/C18H16N2O2/c21-18(17-10-4-5-12-20(17)22)13-15(16-9-6-11-19-16)14-7-2-1-3-8-14/h1-12,15,19H,13H2/t15-/m1/s1. The number of carbonyl (C=O) groups excluding carboxylic acids is 1. The van der Waals surface area contributed by atoms with Gasteiger partial charge in [-0.25, -0.2) is 0 Å². The maximum Gasteiger partial charge on any atom is 0.259 e. The Balaban J connectivity index is 1.91. The largest absolute Gasteiger partial charge is 0.618 e. The van der Waals surface area contributed by atoms with Crippen LogP contribution in [0.4, 0.5) is 0 Å². The Bertz CT molecular complexity index is 752. The molecule has 2 heterocycles. The Hall–Kier alpha value is -2.88. The van der Waals surface area contributed by atoms with Gasteiger partial charge in [0.1, 0.15) is 0 Å².